The summed E-state index contributed by atoms with van der Waals surface area (Å²) in [6.07, 6.45) is 2.04. The third-order valence-corrected chi connectivity index (χ3v) is 6.84. The number of fused-ring (bicyclic) bond motifs is 1. The molecule has 0 radical (unpaired) electrons. The summed E-state index contributed by atoms with van der Waals surface area (Å²) in [5.41, 5.74) is 19.0. The van der Waals surface area contributed by atoms with Gasteiger partial charge in [0.25, 0.3) is 0 Å². The van der Waals surface area contributed by atoms with Crippen LogP contribution in [0, 0.1) is 0 Å². The highest BCUT2D eigenvalue weighted by Gasteiger charge is 2.30. The molecule has 2 aromatic carbocycles. The first kappa shape index (κ1) is 33.4. The second kappa shape index (κ2) is 15.9. The standard InChI is InChI=1S/C29H38N8O7/c30-20(13-17-14-34-21-5-2-1-4-19(17)21)25(40)37-24(15-38)27(42)35-22(6-3-11-33-29(31)32)26(41)36-23(28(43)44)12-16-7-9-18(39)10-8-16/h1-2,4-5,7-10,14,20,22-24,34,38-39H,3,6,11-13,15,30H2,(H,35,42)(H,36,41)(H,37,40)(H,43,44)(H4,31,32,33). The van der Waals surface area contributed by atoms with Gasteiger partial charge in [0.05, 0.1) is 12.6 Å². The molecule has 0 fully saturated rings. The number of nitrogens with zero attached hydrogens (tertiary/aromatic N) is 1. The van der Waals surface area contributed by atoms with E-state index < -0.39 is 54.5 Å². The number of guanidine groups is 1. The summed E-state index contributed by atoms with van der Waals surface area (Å²) in [6.45, 7) is -0.668. The van der Waals surface area contributed by atoms with Crippen LogP contribution in [0.25, 0.3) is 10.9 Å². The van der Waals surface area contributed by atoms with Gasteiger partial charge in [-0.1, -0.05) is 30.3 Å². The molecule has 15 heteroatoms. The summed E-state index contributed by atoms with van der Waals surface area (Å²) in [6, 6.07) is 8.18. The number of hydrogen-bond donors (Lipinski definition) is 10. The van der Waals surface area contributed by atoms with Crippen molar-refractivity contribution in [3.63, 3.8) is 0 Å². The van der Waals surface area contributed by atoms with Gasteiger partial charge in [-0.05, 0) is 48.6 Å². The Morgan fingerprint density at radius 3 is 2.16 bits per heavy atom. The molecule has 3 rings (SSSR count). The summed E-state index contributed by atoms with van der Waals surface area (Å²) >= 11 is 0. The lowest BCUT2D eigenvalue weighted by atomic mass is 10.0. The Balaban J connectivity index is 1.67. The quantitative estimate of drug-likeness (QED) is 0.0513. The molecule has 0 saturated carbocycles. The molecule has 0 aliphatic heterocycles. The zero-order valence-corrected chi connectivity index (χ0v) is 23.9. The van der Waals surface area contributed by atoms with E-state index in [-0.39, 0.29) is 43.9 Å². The third-order valence-electron chi connectivity index (χ3n) is 6.84. The van der Waals surface area contributed by atoms with E-state index in [2.05, 4.69) is 25.9 Å². The number of amides is 3. The lowest BCUT2D eigenvalue weighted by Gasteiger charge is -2.24. The van der Waals surface area contributed by atoms with Gasteiger partial charge in [0.15, 0.2) is 5.96 Å². The van der Waals surface area contributed by atoms with Gasteiger partial charge < -0.3 is 53.5 Å². The Morgan fingerprint density at radius 1 is 0.864 bits per heavy atom. The van der Waals surface area contributed by atoms with Crippen molar-refractivity contribution in [3.05, 3.63) is 65.9 Å². The average Bonchev–Trinajstić information content (AvgIpc) is 3.40. The number of aliphatic imine (C=N–C) groups is 1. The SMILES string of the molecule is NC(N)=NCCCC(NC(=O)C(CO)NC(=O)C(N)Cc1c[nH]c2ccccc12)C(=O)NC(Cc1ccc(O)cc1)C(=O)O. The molecule has 236 valence electrons. The van der Waals surface area contributed by atoms with Crippen LogP contribution in [-0.2, 0) is 32.0 Å². The Morgan fingerprint density at radius 2 is 1.50 bits per heavy atom. The average molecular weight is 611 g/mol. The van der Waals surface area contributed by atoms with Crippen molar-refractivity contribution in [1.29, 1.82) is 0 Å². The van der Waals surface area contributed by atoms with Gasteiger partial charge in [0, 0.05) is 30.1 Å². The number of carboxylic acids is 1. The van der Waals surface area contributed by atoms with Gasteiger partial charge in [0.1, 0.15) is 23.9 Å². The largest absolute Gasteiger partial charge is 0.508 e. The first-order valence-corrected chi connectivity index (χ1v) is 13.9. The number of hydrogen-bond acceptors (Lipinski definition) is 8. The number of aliphatic carboxylic acids is 1. The van der Waals surface area contributed by atoms with Crippen LogP contribution in [0.15, 0.2) is 59.7 Å². The molecular formula is C29H38N8O7. The number of carbonyl (C=O) groups excluding carboxylic acids is 3. The highest BCUT2D eigenvalue weighted by atomic mass is 16.4. The Bertz CT molecular complexity index is 1470. The van der Waals surface area contributed by atoms with Crippen molar-refractivity contribution in [2.75, 3.05) is 13.2 Å². The predicted molar refractivity (Wildman–Crippen MR) is 162 cm³/mol. The van der Waals surface area contributed by atoms with E-state index in [1.165, 1.54) is 24.3 Å². The second-order valence-electron chi connectivity index (χ2n) is 10.2. The molecule has 15 nitrogen and oxygen atoms in total. The Labute approximate surface area is 252 Å². The van der Waals surface area contributed by atoms with Crippen LogP contribution in [-0.4, -0.2) is 87.3 Å². The molecule has 0 aliphatic rings. The van der Waals surface area contributed by atoms with E-state index in [1.807, 2.05) is 24.3 Å². The smallest absolute Gasteiger partial charge is 0.326 e. The molecule has 0 aliphatic carbocycles. The number of phenols is 1. The minimum atomic E-state index is -1.45. The number of nitrogens with one attached hydrogen (secondary N) is 4. The topological polar surface area (TPSA) is 271 Å². The number of carbonyl (C=O) groups is 4. The van der Waals surface area contributed by atoms with Gasteiger partial charge in [-0.15, -0.1) is 0 Å². The van der Waals surface area contributed by atoms with Crippen LogP contribution in [0.2, 0.25) is 0 Å². The number of rotatable bonds is 16. The summed E-state index contributed by atoms with van der Waals surface area (Å²) in [5, 5.41) is 37.3. The highest BCUT2D eigenvalue weighted by Crippen LogP contribution is 2.19. The van der Waals surface area contributed by atoms with Crippen molar-refractivity contribution >= 4 is 40.6 Å². The lowest BCUT2D eigenvalue weighted by molar-refractivity contribution is -0.142. The number of phenolic OH excluding ortho intramolecular Hbond substituents is 1. The number of benzene rings is 2. The van der Waals surface area contributed by atoms with E-state index in [1.54, 1.807) is 6.20 Å². The number of aliphatic hydroxyl groups excluding tert-OH is 1. The molecule has 4 unspecified atom stereocenters. The third kappa shape index (κ3) is 9.71. The first-order chi connectivity index (χ1) is 21.0. The van der Waals surface area contributed by atoms with E-state index in [4.69, 9.17) is 17.2 Å². The molecule has 1 aromatic heterocycles. The van der Waals surface area contributed by atoms with E-state index in [0.717, 1.165) is 16.5 Å². The first-order valence-electron chi connectivity index (χ1n) is 13.9. The van der Waals surface area contributed by atoms with Crippen molar-refractivity contribution in [2.45, 2.75) is 49.9 Å². The number of nitrogens with two attached hydrogens (primary N) is 3. The molecule has 4 atom stereocenters. The van der Waals surface area contributed by atoms with Crippen LogP contribution in [0.5, 0.6) is 5.75 Å². The summed E-state index contributed by atoms with van der Waals surface area (Å²) in [4.78, 5) is 58.0. The zero-order valence-electron chi connectivity index (χ0n) is 23.9. The van der Waals surface area contributed by atoms with Crippen LogP contribution >= 0.6 is 0 Å². The molecule has 0 saturated heterocycles. The number of H-pyrrole nitrogens is 1. The molecule has 3 amide bonds. The van der Waals surface area contributed by atoms with E-state index in [9.17, 15) is 34.5 Å². The maximum absolute atomic E-state index is 13.2. The van der Waals surface area contributed by atoms with Crippen molar-refractivity contribution in [1.82, 2.24) is 20.9 Å². The lowest BCUT2D eigenvalue weighted by Crippen LogP contribution is -2.58. The van der Waals surface area contributed by atoms with Crippen LogP contribution < -0.4 is 33.2 Å². The van der Waals surface area contributed by atoms with Gasteiger partial charge >= 0.3 is 5.97 Å². The fourth-order valence-electron chi connectivity index (χ4n) is 4.49. The van der Waals surface area contributed by atoms with E-state index in [0.29, 0.717) is 5.56 Å². The number of aromatic hydroxyl groups is 1. The van der Waals surface area contributed by atoms with Gasteiger partial charge in [-0.3, -0.25) is 19.4 Å². The van der Waals surface area contributed by atoms with Gasteiger partial charge in [-0.25, -0.2) is 4.79 Å². The Kier molecular flexibility index (Phi) is 12.1. The van der Waals surface area contributed by atoms with Crippen molar-refractivity contribution in [2.24, 2.45) is 22.2 Å². The Hall–Kier alpha value is -5.15. The number of carboxylic acid groups (broad SMARTS) is 1. The number of aromatic nitrogens is 1. The maximum Gasteiger partial charge on any atom is 0.326 e. The molecule has 13 N–H and O–H groups in total. The zero-order chi connectivity index (χ0) is 32.2. The minimum Gasteiger partial charge on any atom is -0.508 e. The van der Waals surface area contributed by atoms with Crippen LogP contribution in [0.4, 0.5) is 0 Å². The molecule has 44 heavy (non-hydrogen) atoms. The number of para-hydroxylation sites is 1. The van der Waals surface area contributed by atoms with Crippen LogP contribution in [0.3, 0.4) is 0 Å². The molecule has 0 spiro atoms. The number of aliphatic hydroxyl groups is 1. The fourth-order valence-corrected chi connectivity index (χ4v) is 4.49. The van der Waals surface area contributed by atoms with E-state index >= 15 is 0 Å². The van der Waals surface area contributed by atoms with Gasteiger partial charge in [0.2, 0.25) is 17.7 Å². The monoisotopic (exact) mass is 610 g/mol. The molecule has 0 bridgehead atoms. The predicted octanol–water partition coefficient (Wildman–Crippen LogP) is -1.43. The van der Waals surface area contributed by atoms with Crippen molar-refractivity contribution < 1.29 is 34.5 Å². The number of aromatic amines is 1. The molecule has 1 heterocycles. The molecule has 3 aromatic rings. The van der Waals surface area contributed by atoms with Crippen molar-refractivity contribution in [3.8, 4) is 5.75 Å². The summed E-state index contributed by atoms with van der Waals surface area (Å²) in [7, 11) is 0. The second-order valence-corrected chi connectivity index (χ2v) is 10.2. The maximum atomic E-state index is 13.2. The minimum absolute atomic E-state index is 0.00217. The fraction of sp³-hybridized carbons (Fsp3) is 0.345. The van der Waals surface area contributed by atoms with Gasteiger partial charge in [-0.2, -0.15) is 0 Å². The summed E-state index contributed by atoms with van der Waals surface area (Å²) in [5.74, 6) is -3.87. The highest BCUT2D eigenvalue weighted by molar-refractivity contribution is 5.94. The molecular weight excluding hydrogens is 572 g/mol. The van der Waals surface area contributed by atoms with Crippen LogP contribution in [0.1, 0.15) is 24.0 Å². The normalized spacial score (nSPS) is 13.7. The summed E-state index contributed by atoms with van der Waals surface area (Å²) < 4.78 is 0.